The lowest BCUT2D eigenvalue weighted by molar-refractivity contribution is -0.123. The first-order chi connectivity index (χ1) is 11.9. The summed E-state index contributed by atoms with van der Waals surface area (Å²) in [5.41, 5.74) is 0.878. The van der Waals surface area contributed by atoms with E-state index < -0.39 is 18.0 Å². The highest BCUT2D eigenvalue weighted by Crippen LogP contribution is 2.29. The van der Waals surface area contributed by atoms with Gasteiger partial charge in [-0.3, -0.25) is 4.79 Å². The molecule has 0 radical (unpaired) electrons. The highest BCUT2D eigenvalue weighted by Gasteiger charge is 2.19. The van der Waals surface area contributed by atoms with Crippen LogP contribution in [0.4, 0.5) is 5.69 Å². The van der Waals surface area contributed by atoms with Crippen molar-refractivity contribution in [3.63, 3.8) is 0 Å². The molecule has 1 atom stereocenters. The Balaban J connectivity index is 2.00. The van der Waals surface area contributed by atoms with E-state index in [2.05, 4.69) is 21.2 Å². The van der Waals surface area contributed by atoms with Gasteiger partial charge in [0.2, 0.25) is 0 Å². The Morgan fingerprint density at radius 2 is 1.64 bits per heavy atom. The van der Waals surface area contributed by atoms with Gasteiger partial charge in [0.05, 0.1) is 19.8 Å². The molecule has 0 bridgehead atoms. The van der Waals surface area contributed by atoms with Crippen LogP contribution in [0.1, 0.15) is 17.3 Å². The van der Waals surface area contributed by atoms with Crippen LogP contribution in [0.15, 0.2) is 46.9 Å². The van der Waals surface area contributed by atoms with Crippen LogP contribution in [-0.2, 0) is 9.53 Å². The highest BCUT2D eigenvalue weighted by atomic mass is 79.9. The number of hydrogen-bond donors (Lipinski definition) is 1. The predicted molar refractivity (Wildman–Crippen MR) is 97.2 cm³/mol. The standard InChI is InChI=1S/C18H18BrNO5/c1-11(25-18(22)12-4-6-13(19)7-5-12)17(21)20-14-8-9-15(23-2)16(10-14)24-3/h4-11H,1-3H3,(H,20,21). The second-order valence-corrected chi connectivity index (χ2v) is 6.03. The third kappa shape index (κ3) is 4.96. The molecule has 0 aliphatic heterocycles. The Morgan fingerprint density at radius 3 is 2.24 bits per heavy atom. The number of carbonyl (C=O) groups excluding carboxylic acids is 2. The Hall–Kier alpha value is -2.54. The molecule has 2 aromatic carbocycles. The second-order valence-electron chi connectivity index (χ2n) is 5.11. The van der Waals surface area contributed by atoms with Crippen LogP contribution in [0.2, 0.25) is 0 Å². The van der Waals surface area contributed by atoms with Gasteiger partial charge >= 0.3 is 5.97 Å². The van der Waals surface area contributed by atoms with E-state index in [1.165, 1.54) is 21.1 Å². The quantitative estimate of drug-likeness (QED) is 0.739. The van der Waals surface area contributed by atoms with Crippen molar-refractivity contribution in [2.45, 2.75) is 13.0 Å². The average molecular weight is 408 g/mol. The normalized spacial score (nSPS) is 11.4. The van der Waals surface area contributed by atoms with Crippen molar-refractivity contribution in [1.82, 2.24) is 0 Å². The van der Waals surface area contributed by atoms with Crippen molar-refractivity contribution in [3.05, 3.63) is 52.5 Å². The second kappa shape index (κ2) is 8.53. The summed E-state index contributed by atoms with van der Waals surface area (Å²) in [6, 6.07) is 11.7. The summed E-state index contributed by atoms with van der Waals surface area (Å²) >= 11 is 3.29. The lowest BCUT2D eigenvalue weighted by Gasteiger charge is -2.15. The molecule has 0 aromatic heterocycles. The number of ether oxygens (including phenoxy) is 3. The maximum atomic E-state index is 12.2. The number of carbonyl (C=O) groups is 2. The van der Waals surface area contributed by atoms with Gasteiger partial charge in [-0.1, -0.05) is 15.9 Å². The topological polar surface area (TPSA) is 73.9 Å². The van der Waals surface area contributed by atoms with E-state index >= 15 is 0 Å². The monoisotopic (exact) mass is 407 g/mol. The molecule has 1 N–H and O–H groups in total. The third-order valence-corrected chi connectivity index (χ3v) is 3.91. The van der Waals surface area contributed by atoms with Crippen molar-refractivity contribution in [2.24, 2.45) is 0 Å². The zero-order chi connectivity index (χ0) is 18.4. The first-order valence-electron chi connectivity index (χ1n) is 7.44. The molecule has 0 spiro atoms. The Kier molecular flexibility index (Phi) is 6.41. The number of benzene rings is 2. The summed E-state index contributed by atoms with van der Waals surface area (Å²) in [6.07, 6.45) is -0.954. The summed E-state index contributed by atoms with van der Waals surface area (Å²) < 4.78 is 16.4. The van der Waals surface area contributed by atoms with Gasteiger partial charge in [0, 0.05) is 16.2 Å². The van der Waals surface area contributed by atoms with Gasteiger partial charge in [-0.15, -0.1) is 0 Å². The van der Waals surface area contributed by atoms with E-state index in [0.717, 1.165) is 4.47 Å². The summed E-state index contributed by atoms with van der Waals surface area (Å²) in [5, 5.41) is 2.67. The molecule has 132 valence electrons. The largest absolute Gasteiger partial charge is 0.493 e. The van der Waals surface area contributed by atoms with Gasteiger partial charge in [-0.05, 0) is 43.3 Å². The minimum atomic E-state index is -0.954. The molecule has 2 rings (SSSR count). The van der Waals surface area contributed by atoms with E-state index in [-0.39, 0.29) is 0 Å². The first-order valence-corrected chi connectivity index (χ1v) is 8.23. The lowest BCUT2D eigenvalue weighted by Crippen LogP contribution is -2.30. The van der Waals surface area contributed by atoms with Crippen molar-refractivity contribution in [2.75, 3.05) is 19.5 Å². The van der Waals surface area contributed by atoms with Crippen LogP contribution in [0, 0.1) is 0 Å². The van der Waals surface area contributed by atoms with Gasteiger partial charge in [0.25, 0.3) is 5.91 Å². The molecular weight excluding hydrogens is 390 g/mol. The summed E-state index contributed by atoms with van der Waals surface area (Å²) in [5.74, 6) is 0.0233. The van der Waals surface area contributed by atoms with E-state index in [9.17, 15) is 9.59 Å². The Morgan fingerprint density at radius 1 is 1.00 bits per heavy atom. The molecule has 0 fully saturated rings. The lowest BCUT2D eigenvalue weighted by atomic mass is 10.2. The number of nitrogens with one attached hydrogen (secondary N) is 1. The first kappa shape index (κ1) is 18.8. The fourth-order valence-corrected chi connectivity index (χ4v) is 2.29. The minimum Gasteiger partial charge on any atom is -0.493 e. The number of hydrogen-bond acceptors (Lipinski definition) is 5. The molecule has 25 heavy (non-hydrogen) atoms. The Labute approximate surface area is 154 Å². The van der Waals surface area contributed by atoms with E-state index in [1.54, 1.807) is 42.5 Å². The Bertz CT molecular complexity index is 761. The fraction of sp³-hybridized carbons (Fsp3) is 0.222. The van der Waals surface area contributed by atoms with Crippen molar-refractivity contribution >= 4 is 33.5 Å². The maximum absolute atomic E-state index is 12.2. The van der Waals surface area contributed by atoms with Crippen LogP contribution in [0.3, 0.4) is 0 Å². The van der Waals surface area contributed by atoms with Crippen LogP contribution in [-0.4, -0.2) is 32.2 Å². The molecule has 0 heterocycles. The number of methoxy groups -OCH3 is 2. The minimum absolute atomic E-state index is 0.369. The van der Waals surface area contributed by atoms with Gasteiger partial charge in [-0.25, -0.2) is 4.79 Å². The highest BCUT2D eigenvalue weighted by molar-refractivity contribution is 9.10. The molecular formula is C18H18BrNO5. The van der Waals surface area contributed by atoms with Crippen molar-refractivity contribution in [1.29, 1.82) is 0 Å². The summed E-state index contributed by atoms with van der Waals surface area (Å²) in [7, 11) is 3.03. The smallest absolute Gasteiger partial charge is 0.338 e. The number of amides is 1. The SMILES string of the molecule is COc1ccc(NC(=O)C(C)OC(=O)c2ccc(Br)cc2)cc1OC. The molecule has 7 heteroatoms. The molecule has 2 aromatic rings. The van der Waals surface area contributed by atoms with Crippen molar-refractivity contribution in [3.8, 4) is 11.5 Å². The van der Waals surface area contributed by atoms with Crippen LogP contribution >= 0.6 is 15.9 Å². The van der Waals surface area contributed by atoms with Crippen LogP contribution in [0.25, 0.3) is 0 Å². The summed E-state index contributed by atoms with van der Waals surface area (Å²) in [6.45, 7) is 1.51. The fourth-order valence-electron chi connectivity index (χ4n) is 2.03. The van der Waals surface area contributed by atoms with Gasteiger partial charge in [0.15, 0.2) is 17.6 Å². The predicted octanol–water partition coefficient (Wildman–Crippen LogP) is 3.65. The van der Waals surface area contributed by atoms with Crippen LogP contribution < -0.4 is 14.8 Å². The van der Waals surface area contributed by atoms with Crippen LogP contribution in [0.5, 0.6) is 11.5 Å². The van der Waals surface area contributed by atoms with E-state index in [0.29, 0.717) is 22.7 Å². The van der Waals surface area contributed by atoms with Gasteiger partial charge in [0.1, 0.15) is 0 Å². The number of anilines is 1. The molecule has 0 aliphatic carbocycles. The summed E-state index contributed by atoms with van der Waals surface area (Å²) in [4.78, 5) is 24.3. The number of esters is 1. The maximum Gasteiger partial charge on any atom is 0.338 e. The van der Waals surface area contributed by atoms with Gasteiger partial charge < -0.3 is 19.5 Å². The van der Waals surface area contributed by atoms with Crippen molar-refractivity contribution < 1.29 is 23.8 Å². The number of halogens is 1. The van der Waals surface area contributed by atoms with E-state index in [4.69, 9.17) is 14.2 Å². The average Bonchev–Trinajstić information content (AvgIpc) is 2.61. The molecule has 1 unspecified atom stereocenters. The molecule has 1 amide bonds. The van der Waals surface area contributed by atoms with E-state index in [1.807, 2.05) is 0 Å². The molecule has 6 nitrogen and oxygen atoms in total. The molecule has 0 aliphatic rings. The number of rotatable bonds is 6. The zero-order valence-corrected chi connectivity index (χ0v) is 15.6. The molecule has 0 saturated heterocycles. The third-order valence-electron chi connectivity index (χ3n) is 3.38. The molecule has 0 saturated carbocycles. The van der Waals surface area contributed by atoms with Gasteiger partial charge in [-0.2, -0.15) is 0 Å². The zero-order valence-electron chi connectivity index (χ0n) is 14.0.